The SMILES string of the molecule is CC/C=C\C/C=C\C/C=C\C/C=C\C/C=C\C/C=C\C/C=C\CCCCCCCCCCCCCCCCCCCCCC(=O)NC(COC1OC(CO)C(OC2OC(CO)C(OC3OC(CO)C(O)C(O)C3O)C(O)C2O)C(O)C1O)C(O)/C=C/CC/C=C/CCCCCCC. The van der Waals surface area contributed by atoms with Crippen LogP contribution < -0.4 is 5.32 Å². The molecule has 0 spiro atoms. The first-order valence-corrected chi connectivity index (χ1v) is 37.6. The summed E-state index contributed by atoms with van der Waals surface area (Å²) in [4.78, 5) is 13.4. The van der Waals surface area contributed by atoms with Crippen molar-refractivity contribution in [1.82, 2.24) is 5.32 Å². The summed E-state index contributed by atoms with van der Waals surface area (Å²) in [5.41, 5.74) is 0. The largest absolute Gasteiger partial charge is 0.394 e. The zero-order valence-electron chi connectivity index (χ0n) is 59.3. The highest BCUT2D eigenvalue weighted by molar-refractivity contribution is 5.76. The van der Waals surface area contributed by atoms with Crippen LogP contribution >= 0.6 is 0 Å². The lowest BCUT2D eigenvalue weighted by Crippen LogP contribution is -2.66. The van der Waals surface area contributed by atoms with Crippen LogP contribution in [0.1, 0.15) is 245 Å². The summed E-state index contributed by atoms with van der Waals surface area (Å²) in [6.45, 7) is 1.56. The Hall–Kier alpha value is -3.55. The minimum absolute atomic E-state index is 0.232. The first kappa shape index (κ1) is 87.7. The maximum atomic E-state index is 13.4. The number of nitrogens with one attached hydrogen (secondary N) is 1. The summed E-state index contributed by atoms with van der Waals surface area (Å²) in [5, 5.41) is 120. The number of hydrogen-bond acceptors (Lipinski definition) is 18. The molecule has 19 heteroatoms. The zero-order valence-corrected chi connectivity index (χ0v) is 59.3. The van der Waals surface area contributed by atoms with Gasteiger partial charge in [0, 0.05) is 6.42 Å². The molecular formula is C78H133NO18. The third kappa shape index (κ3) is 38.9. The van der Waals surface area contributed by atoms with Crippen LogP contribution in [0.3, 0.4) is 0 Å². The molecule has 97 heavy (non-hydrogen) atoms. The number of carbonyl (C=O) groups excluding carboxylic acids is 1. The molecule has 17 unspecified atom stereocenters. The van der Waals surface area contributed by atoms with Crippen LogP contribution in [-0.4, -0.2) is 193 Å². The van der Waals surface area contributed by atoms with Crippen molar-refractivity contribution in [3.63, 3.8) is 0 Å². The number of aliphatic hydroxyl groups is 11. The number of aliphatic hydroxyl groups excluding tert-OH is 11. The molecule has 0 aromatic carbocycles. The van der Waals surface area contributed by atoms with E-state index in [0.29, 0.717) is 12.8 Å². The minimum Gasteiger partial charge on any atom is -0.394 e. The lowest BCUT2D eigenvalue weighted by atomic mass is 9.96. The van der Waals surface area contributed by atoms with E-state index in [0.717, 1.165) is 83.5 Å². The molecule has 12 N–H and O–H groups in total. The molecule has 0 aliphatic carbocycles. The van der Waals surface area contributed by atoms with Crippen molar-refractivity contribution in [3.05, 3.63) is 109 Å². The third-order valence-electron chi connectivity index (χ3n) is 18.1. The van der Waals surface area contributed by atoms with Crippen molar-refractivity contribution < 1.29 is 89.4 Å². The van der Waals surface area contributed by atoms with E-state index in [1.165, 1.54) is 128 Å². The van der Waals surface area contributed by atoms with Crippen molar-refractivity contribution in [2.24, 2.45) is 0 Å². The average molecular weight is 1370 g/mol. The van der Waals surface area contributed by atoms with E-state index in [4.69, 9.17) is 28.4 Å². The molecule has 3 aliphatic rings. The number of rotatable bonds is 57. The normalized spacial score (nSPS) is 27.5. The van der Waals surface area contributed by atoms with Crippen molar-refractivity contribution in [1.29, 1.82) is 0 Å². The van der Waals surface area contributed by atoms with Crippen LogP contribution in [0, 0.1) is 0 Å². The van der Waals surface area contributed by atoms with Gasteiger partial charge in [-0.3, -0.25) is 4.79 Å². The molecule has 3 aliphatic heterocycles. The second-order valence-corrected chi connectivity index (χ2v) is 26.4. The molecule has 0 saturated carbocycles. The van der Waals surface area contributed by atoms with Crippen molar-refractivity contribution in [2.45, 2.75) is 349 Å². The van der Waals surface area contributed by atoms with E-state index in [9.17, 15) is 61.0 Å². The Labute approximate surface area is 583 Å². The maximum absolute atomic E-state index is 13.4. The topological polar surface area (TPSA) is 307 Å². The van der Waals surface area contributed by atoms with E-state index in [-0.39, 0.29) is 18.9 Å². The molecule has 19 nitrogen and oxygen atoms in total. The van der Waals surface area contributed by atoms with Gasteiger partial charge in [-0.15, -0.1) is 0 Å². The standard InChI is InChI=1S/C78H133NO18/c1-3-5-7-9-11-13-15-16-17-18-19-20-21-22-23-24-25-26-27-28-29-30-31-32-33-34-35-36-37-38-39-40-41-42-43-44-46-48-50-52-54-56-66(84)79-61(62(83)55-53-51-49-47-45-14-12-10-8-6-4-2)60-92-76-72(90)69(87)74(64(58-81)94-76)97-78-73(91)70(88)75(65(59-82)95-78)96-77-71(89)68(86)67(85)63(57-80)93-77/h5,7,11,13,16-17,19-20,22-23,25-26,28-29,45,47,53,55,61-65,67-78,80-83,85-91H,3-4,6,8-10,12,14-15,18,21,24,27,30-44,46,48-52,54,56-60H2,1-2H3,(H,79,84)/b7-5-,13-11-,17-16-,20-19-,23-22-,26-25-,29-28-,47-45+,55-53+. The molecule has 0 radical (unpaired) electrons. The van der Waals surface area contributed by atoms with E-state index < -0.39 is 124 Å². The highest BCUT2D eigenvalue weighted by Gasteiger charge is 2.53. The van der Waals surface area contributed by atoms with Gasteiger partial charge in [0.05, 0.1) is 38.6 Å². The lowest BCUT2D eigenvalue weighted by molar-refractivity contribution is -0.379. The zero-order chi connectivity index (χ0) is 70.4. The van der Waals surface area contributed by atoms with E-state index >= 15 is 0 Å². The van der Waals surface area contributed by atoms with Gasteiger partial charge in [-0.05, 0) is 89.9 Å². The van der Waals surface area contributed by atoms with Gasteiger partial charge >= 0.3 is 0 Å². The Kier molecular flexibility index (Phi) is 52.4. The smallest absolute Gasteiger partial charge is 0.220 e. The molecule has 1 amide bonds. The quantitative estimate of drug-likeness (QED) is 0.0199. The van der Waals surface area contributed by atoms with Crippen LogP contribution in [0.15, 0.2) is 109 Å². The molecule has 0 aromatic heterocycles. The molecule has 0 aromatic rings. The Morgan fingerprint density at radius 3 is 1.15 bits per heavy atom. The maximum Gasteiger partial charge on any atom is 0.220 e. The number of amides is 1. The molecule has 0 bridgehead atoms. The fourth-order valence-electron chi connectivity index (χ4n) is 12.0. The van der Waals surface area contributed by atoms with E-state index in [1.807, 2.05) is 6.08 Å². The van der Waals surface area contributed by atoms with Crippen LogP contribution in [0.4, 0.5) is 0 Å². The second-order valence-electron chi connectivity index (χ2n) is 26.4. The molecule has 3 saturated heterocycles. The Bertz CT molecular complexity index is 2180. The molecule has 3 heterocycles. The summed E-state index contributed by atoms with van der Waals surface area (Å²) in [6.07, 6.45) is 52.6. The van der Waals surface area contributed by atoms with Gasteiger partial charge in [0.25, 0.3) is 0 Å². The van der Waals surface area contributed by atoms with Crippen LogP contribution in [0.2, 0.25) is 0 Å². The Balaban J connectivity index is 1.28. The predicted octanol–water partition coefficient (Wildman–Crippen LogP) is 11.4. The van der Waals surface area contributed by atoms with E-state index in [1.54, 1.807) is 6.08 Å². The van der Waals surface area contributed by atoms with Crippen molar-refractivity contribution >= 4 is 5.91 Å². The van der Waals surface area contributed by atoms with Crippen molar-refractivity contribution in [3.8, 4) is 0 Å². The summed E-state index contributed by atoms with van der Waals surface area (Å²) in [7, 11) is 0. The van der Waals surface area contributed by atoms with Gasteiger partial charge in [0.1, 0.15) is 73.2 Å². The van der Waals surface area contributed by atoms with Gasteiger partial charge in [0.2, 0.25) is 5.91 Å². The number of unbranched alkanes of at least 4 members (excludes halogenated alkanes) is 25. The van der Waals surface area contributed by atoms with Gasteiger partial charge < -0.3 is 89.9 Å². The summed E-state index contributed by atoms with van der Waals surface area (Å²) in [5.74, 6) is -0.288. The molecule has 17 atom stereocenters. The summed E-state index contributed by atoms with van der Waals surface area (Å²) < 4.78 is 34.3. The number of hydrogen-bond donors (Lipinski definition) is 12. The van der Waals surface area contributed by atoms with Gasteiger partial charge in [-0.25, -0.2) is 0 Å². The molecule has 3 rings (SSSR count). The number of carbonyl (C=O) groups is 1. The van der Waals surface area contributed by atoms with Crippen LogP contribution in [0.5, 0.6) is 0 Å². The predicted molar refractivity (Wildman–Crippen MR) is 383 cm³/mol. The van der Waals surface area contributed by atoms with Gasteiger partial charge in [-0.2, -0.15) is 0 Å². The number of ether oxygens (including phenoxy) is 6. The first-order chi connectivity index (χ1) is 47.3. The second kappa shape index (κ2) is 58.0. The summed E-state index contributed by atoms with van der Waals surface area (Å²) in [6, 6.07) is -0.992. The fraction of sp³-hybridized carbons (Fsp3) is 0.756. The third-order valence-corrected chi connectivity index (χ3v) is 18.1. The summed E-state index contributed by atoms with van der Waals surface area (Å²) >= 11 is 0. The first-order valence-electron chi connectivity index (χ1n) is 37.6. The van der Waals surface area contributed by atoms with Gasteiger partial charge in [0.15, 0.2) is 18.9 Å². The highest BCUT2D eigenvalue weighted by atomic mass is 16.8. The van der Waals surface area contributed by atoms with Gasteiger partial charge in [-0.1, -0.05) is 258 Å². The lowest BCUT2D eigenvalue weighted by Gasteiger charge is -2.48. The minimum atomic E-state index is -1.98. The molecular weight excluding hydrogens is 1240 g/mol. The van der Waals surface area contributed by atoms with E-state index in [2.05, 4.69) is 116 Å². The Morgan fingerprint density at radius 2 is 0.722 bits per heavy atom. The van der Waals surface area contributed by atoms with Crippen LogP contribution in [0.25, 0.3) is 0 Å². The van der Waals surface area contributed by atoms with Crippen LogP contribution in [-0.2, 0) is 33.2 Å². The average Bonchev–Trinajstić information content (AvgIpc) is 0.790. The molecule has 558 valence electrons. The van der Waals surface area contributed by atoms with Crippen molar-refractivity contribution in [2.75, 3.05) is 26.4 Å². The number of allylic oxidation sites excluding steroid dienone is 17. The fourth-order valence-corrected chi connectivity index (χ4v) is 12.0. The molecule has 3 fully saturated rings. The Morgan fingerprint density at radius 1 is 0.381 bits per heavy atom. The highest BCUT2D eigenvalue weighted by Crippen LogP contribution is 2.33. The monoisotopic (exact) mass is 1370 g/mol.